The summed E-state index contributed by atoms with van der Waals surface area (Å²) >= 11 is 0. The Bertz CT molecular complexity index is 509. The van der Waals surface area contributed by atoms with E-state index in [1.165, 1.54) is 0 Å². The van der Waals surface area contributed by atoms with E-state index in [0.717, 1.165) is 17.8 Å². The summed E-state index contributed by atoms with van der Waals surface area (Å²) in [6.45, 7) is 6.09. The van der Waals surface area contributed by atoms with Gasteiger partial charge in [0.2, 0.25) is 0 Å². The van der Waals surface area contributed by atoms with Crippen molar-refractivity contribution in [2.75, 3.05) is 38.7 Å². The normalized spacial score (nSPS) is 10.0. The van der Waals surface area contributed by atoms with Gasteiger partial charge in [0, 0.05) is 32.4 Å². The third-order valence-electron chi connectivity index (χ3n) is 3.12. The molecule has 0 bridgehead atoms. The fourth-order valence-corrected chi connectivity index (χ4v) is 2.05. The van der Waals surface area contributed by atoms with E-state index >= 15 is 0 Å². The molecule has 0 aliphatic heterocycles. The summed E-state index contributed by atoms with van der Waals surface area (Å²) in [5, 5.41) is 12.0. The van der Waals surface area contributed by atoms with Gasteiger partial charge in [-0.2, -0.15) is 5.26 Å². The third-order valence-corrected chi connectivity index (χ3v) is 3.12. The predicted octanol–water partition coefficient (Wildman–Crippen LogP) is 2.43. The van der Waals surface area contributed by atoms with Gasteiger partial charge < -0.3 is 15.0 Å². The van der Waals surface area contributed by atoms with Gasteiger partial charge in [-0.3, -0.25) is 4.79 Å². The van der Waals surface area contributed by atoms with Crippen LogP contribution in [-0.4, -0.2) is 44.2 Å². The molecule has 0 heterocycles. The van der Waals surface area contributed by atoms with Crippen LogP contribution in [-0.2, 0) is 4.74 Å². The molecule has 21 heavy (non-hydrogen) atoms. The Labute approximate surface area is 126 Å². The minimum atomic E-state index is -0.0711. The second-order valence-corrected chi connectivity index (χ2v) is 4.77. The summed E-state index contributed by atoms with van der Waals surface area (Å²) in [7, 11) is 1.60. The molecule has 1 aromatic rings. The molecule has 0 atom stereocenters. The Balaban J connectivity index is 2.98. The molecule has 0 aromatic heterocycles. The van der Waals surface area contributed by atoms with Crippen molar-refractivity contribution < 1.29 is 9.53 Å². The summed E-state index contributed by atoms with van der Waals surface area (Å²) < 4.78 is 5.04. The van der Waals surface area contributed by atoms with E-state index in [2.05, 4.69) is 11.4 Å². The fraction of sp³-hybridized carbons (Fsp3) is 0.500. The van der Waals surface area contributed by atoms with Crippen molar-refractivity contribution in [2.24, 2.45) is 0 Å². The number of anilines is 1. The van der Waals surface area contributed by atoms with E-state index in [9.17, 15) is 4.79 Å². The summed E-state index contributed by atoms with van der Waals surface area (Å²) in [4.78, 5) is 14.3. The number of aryl methyl sites for hydroxylation is 1. The zero-order valence-corrected chi connectivity index (χ0v) is 13.0. The highest BCUT2D eigenvalue weighted by Gasteiger charge is 2.18. The highest BCUT2D eigenvalue weighted by atomic mass is 16.5. The van der Waals surface area contributed by atoms with Crippen molar-refractivity contribution in [3.8, 4) is 6.07 Å². The Kier molecular flexibility index (Phi) is 7.27. The van der Waals surface area contributed by atoms with Gasteiger partial charge in [-0.15, -0.1) is 0 Å². The lowest BCUT2D eigenvalue weighted by Gasteiger charge is -2.23. The van der Waals surface area contributed by atoms with Crippen LogP contribution in [0, 0.1) is 18.3 Å². The smallest absolute Gasteiger partial charge is 0.256 e. The van der Waals surface area contributed by atoms with Gasteiger partial charge in [0.15, 0.2) is 0 Å². The molecule has 1 rings (SSSR count). The molecule has 0 fully saturated rings. The van der Waals surface area contributed by atoms with Crippen LogP contribution in [0.4, 0.5) is 5.69 Å². The second-order valence-electron chi connectivity index (χ2n) is 4.77. The Morgan fingerprint density at radius 1 is 1.43 bits per heavy atom. The second kappa shape index (κ2) is 8.98. The molecule has 1 N–H and O–H groups in total. The monoisotopic (exact) mass is 289 g/mol. The van der Waals surface area contributed by atoms with Gasteiger partial charge in [0.25, 0.3) is 5.91 Å². The molecule has 0 radical (unpaired) electrons. The molecule has 0 unspecified atom stereocenters. The molecular formula is C16H23N3O2. The minimum absolute atomic E-state index is 0.0711. The first kappa shape index (κ1) is 17.0. The van der Waals surface area contributed by atoms with Crippen LogP contribution >= 0.6 is 0 Å². The standard InChI is InChI=1S/C16H23N3O2/c1-4-18-15-12-13(2)6-7-14(15)16(20)19(9-5-8-17)10-11-21-3/h6-7,12,18H,4-5,9-11H2,1-3H3. The number of amides is 1. The number of nitrogens with one attached hydrogen (secondary N) is 1. The molecule has 0 aliphatic carbocycles. The molecule has 0 aliphatic rings. The van der Waals surface area contributed by atoms with E-state index < -0.39 is 0 Å². The first-order valence-corrected chi connectivity index (χ1v) is 7.13. The molecule has 5 nitrogen and oxygen atoms in total. The van der Waals surface area contributed by atoms with Crippen LogP contribution in [0.2, 0.25) is 0 Å². The van der Waals surface area contributed by atoms with E-state index in [1.807, 2.05) is 32.0 Å². The first-order chi connectivity index (χ1) is 10.1. The fourth-order valence-electron chi connectivity index (χ4n) is 2.05. The zero-order valence-electron chi connectivity index (χ0n) is 13.0. The predicted molar refractivity (Wildman–Crippen MR) is 83.4 cm³/mol. The molecular weight excluding hydrogens is 266 g/mol. The number of carbonyl (C=O) groups is 1. The number of rotatable bonds is 8. The third kappa shape index (κ3) is 5.09. The highest BCUT2D eigenvalue weighted by Crippen LogP contribution is 2.19. The van der Waals surface area contributed by atoms with Crippen LogP contribution in [0.3, 0.4) is 0 Å². The van der Waals surface area contributed by atoms with Crippen LogP contribution in [0.15, 0.2) is 18.2 Å². The van der Waals surface area contributed by atoms with Gasteiger partial charge in [-0.25, -0.2) is 0 Å². The Morgan fingerprint density at radius 3 is 2.81 bits per heavy atom. The number of methoxy groups -OCH3 is 1. The maximum absolute atomic E-state index is 12.7. The molecule has 114 valence electrons. The number of benzene rings is 1. The van der Waals surface area contributed by atoms with Crippen molar-refractivity contribution >= 4 is 11.6 Å². The van der Waals surface area contributed by atoms with Crippen molar-refractivity contribution in [1.82, 2.24) is 4.90 Å². The molecule has 1 aromatic carbocycles. The molecule has 0 saturated heterocycles. The number of nitrogens with zero attached hydrogens (tertiary/aromatic N) is 2. The van der Waals surface area contributed by atoms with Crippen molar-refractivity contribution in [1.29, 1.82) is 5.26 Å². The number of carbonyl (C=O) groups excluding carboxylic acids is 1. The number of nitriles is 1. The minimum Gasteiger partial charge on any atom is -0.385 e. The Hall–Kier alpha value is -2.06. The highest BCUT2D eigenvalue weighted by molar-refractivity contribution is 5.99. The van der Waals surface area contributed by atoms with Crippen LogP contribution < -0.4 is 5.32 Å². The summed E-state index contributed by atoms with van der Waals surface area (Å²) in [6, 6.07) is 7.81. The van der Waals surface area contributed by atoms with Crippen molar-refractivity contribution in [3.63, 3.8) is 0 Å². The van der Waals surface area contributed by atoms with Crippen molar-refractivity contribution in [2.45, 2.75) is 20.3 Å². The van der Waals surface area contributed by atoms with Gasteiger partial charge in [0.05, 0.1) is 24.7 Å². The SMILES string of the molecule is CCNc1cc(C)ccc1C(=O)N(CCC#N)CCOC. The average Bonchev–Trinajstić information content (AvgIpc) is 2.47. The average molecular weight is 289 g/mol. The van der Waals surface area contributed by atoms with Gasteiger partial charge >= 0.3 is 0 Å². The number of hydrogen-bond acceptors (Lipinski definition) is 4. The number of hydrogen-bond donors (Lipinski definition) is 1. The number of ether oxygens (including phenoxy) is 1. The molecule has 1 amide bonds. The lowest BCUT2D eigenvalue weighted by atomic mass is 10.1. The lowest BCUT2D eigenvalue weighted by molar-refractivity contribution is 0.0701. The van der Waals surface area contributed by atoms with Crippen LogP contribution in [0.25, 0.3) is 0 Å². The summed E-state index contributed by atoms with van der Waals surface area (Å²) in [5.41, 5.74) is 2.57. The first-order valence-electron chi connectivity index (χ1n) is 7.13. The molecule has 0 saturated carbocycles. The van der Waals surface area contributed by atoms with Crippen LogP contribution in [0.1, 0.15) is 29.3 Å². The molecule has 5 heteroatoms. The van der Waals surface area contributed by atoms with E-state index in [1.54, 1.807) is 12.0 Å². The van der Waals surface area contributed by atoms with Crippen molar-refractivity contribution in [3.05, 3.63) is 29.3 Å². The van der Waals surface area contributed by atoms with E-state index in [-0.39, 0.29) is 5.91 Å². The van der Waals surface area contributed by atoms with Gasteiger partial charge in [-0.1, -0.05) is 6.07 Å². The van der Waals surface area contributed by atoms with Gasteiger partial charge in [0.1, 0.15) is 0 Å². The quantitative estimate of drug-likeness (QED) is 0.798. The van der Waals surface area contributed by atoms with E-state index in [4.69, 9.17) is 10.00 Å². The van der Waals surface area contributed by atoms with Gasteiger partial charge in [-0.05, 0) is 31.5 Å². The summed E-state index contributed by atoms with van der Waals surface area (Å²) in [5.74, 6) is -0.0711. The topological polar surface area (TPSA) is 65.4 Å². The summed E-state index contributed by atoms with van der Waals surface area (Å²) in [6.07, 6.45) is 0.317. The zero-order chi connectivity index (χ0) is 15.7. The molecule has 0 spiro atoms. The maximum atomic E-state index is 12.7. The largest absolute Gasteiger partial charge is 0.385 e. The maximum Gasteiger partial charge on any atom is 0.256 e. The Morgan fingerprint density at radius 2 is 2.19 bits per heavy atom. The van der Waals surface area contributed by atoms with E-state index in [0.29, 0.717) is 31.7 Å². The lowest BCUT2D eigenvalue weighted by Crippen LogP contribution is -2.35. The van der Waals surface area contributed by atoms with Crippen LogP contribution in [0.5, 0.6) is 0 Å².